The van der Waals surface area contributed by atoms with Gasteiger partial charge < -0.3 is 15.8 Å². The quantitative estimate of drug-likeness (QED) is 0.502. The first kappa shape index (κ1) is 13.0. The molecule has 5 heteroatoms. The molecule has 0 aromatic rings. The van der Waals surface area contributed by atoms with E-state index in [-0.39, 0.29) is 12.6 Å². The van der Waals surface area contributed by atoms with E-state index in [1.54, 1.807) is 6.92 Å². The maximum atomic E-state index is 11.5. The van der Waals surface area contributed by atoms with Crippen molar-refractivity contribution >= 4 is 11.9 Å². The van der Waals surface area contributed by atoms with Gasteiger partial charge >= 0.3 is 5.97 Å². The molecule has 1 amide bonds. The molecule has 16 heavy (non-hydrogen) atoms. The van der Waals surface area contributed by atoms with Crippen molar-refractivity contribution in [2.75, 3.05) is 6.61 Å². The number of nitrogens with two attached hydrogens (primary N) is 1. The van der Waals surface area contributed by atoms with Gasteiger partial charge in [-0.15, -0.1) is 0 Å². The molecule has 0 aromatic heterocycles. The first-order valence-corrected chi connectivity index (χ1v) is 5.77. The second-order valence-electron chi connectivity index (χ2n) is 4.32. The predicted molar refractivity (Wildman–Crippen MR) is 59.6 cm³/mol. The number of hydrogen-bond acceptors (Lipinski definition) is 4. The molecule has 0 saturated heterocycles. The Kier molecular flexibility index (Phi) is 4.73. The van der Waals surface area contributed by atoms with Crippen molar-refractivity contribution in [3.05, 3.63) is 0 Å². The fraction of sp³-hybridized carbons (Fsp3) is 0.818. The average molecular weight is 228 g/mol. The average Bonchev–Trinajstić information content (AvgIpc) is 3.00. The van der Waals surface area contributed by atoms with Crippen molar-refractivity contribution in [3.63, 3.8) is 0 Å². The van der Waals surface area contributed by atoms with Gasteiger partial charge in [-0.3, -0.25) is 4.79 Å². The Morgan fingerprint density at radius 2 is 2.12 bits per heavy atom. The van der Waals surface area contributed by atoms with Gasteiger partial charge in [-0.1, -0.05) is 12.8 Å². The minimum Gasteiger partial charge on any atom is -0.464 e. The predicted octanol–water partition coefficient (Wildman–Crippen LogP) is 0.182. The van der Waals surface area contributed by atoms with E-state index < -0.39 is 17.9 Å². The molecule has 0 bridgehead atoms. The van der Waals surface area contributed by atoms with E-state index in [0.29, 0.717) is 0 Å². The molecule has 1 aliphatic rings. The van der Waals surface area contributed by atoms with Crippen LogP contribution >= 0.6 is 0 Å². The van der Waals surface area contributed by atoms with Crippen LogP contribution in [0.5, 0.6) is 0 Å². The maximum Gasteiger partial charge on any atom is 0.332 e. The van der Waals surface area contributed by atoms with E-state index in [1.807, 2.05) is 6.92 Å². The van der Waals surface area contributed by atoms with Crippen molar-refractivity contribution in [3.8, 4) is 0 Å². The van der Waals surface area contributed by atoms with Crippen LogP contribution in [0.4, 0.5) is 0 Å². The normalized spacial score (nSPS) is 18.7. The summed E-state index contributed by atoms with van der Waals surface area (Å²) < 4.78 is 4.68. The van der Waals surface area contributed by atoms with E-state index in [2.05, 4.69) is 10.1 Å². The molecule has 2 unspecified atom stereocenters. The molecule has 92 valence electrons. The first-order valence-electron chi connectivity index (χ1n) is 5.77. The third kappa shape index (κ3) is 4.18. The highest BCUT2D eigenvalue weighted by atomic mass is 16.5. The van der Waals surface area contributed by atoms with Gasteiger partial charge in [-0.2, -0.15) is 0 Å². The van der Waals surface area contributed by atoms with Crippen LogP contribution in [0, 0.1) is 5.92 Å². The molecular formula is C11H20N2O3. The number of ether oxygens (including phenoxy) is 1. The number of nitrogens with one attached hydrogen (secondary N) is 1. The summed E-state index contributed by atoms with van der Waals surface area (Å²) in [5.74, 6) is -0.390. The third-order valence-electron chi connectivity index (χ3n) is 2.60. The van der Waals surface area contributed by atoms with Crippen LogP contribution in [0.2, 0.25) is 0 Å². The molecule has 5 nitrogen and oxygen atoms in total. The van der Waals surface area contributed by atoms with Crippen LogP contribution in [0.25, 0.3) is 0 Å². The molecule has 0 aliphatic heterocycles. The fourth-order valence-electron chi connectivity index (χ4n) is 1.58. The van der Waals surface area contributed by atoms with E-state index in [9.17, 15) is 9.59 Å². The van der Waals surface area contributed by atoms with Crippen LogP contribution in [-0.4, -0.2) is 30.6 Å². The Bertz CT molecular complexity index is 264. The highest BCUT2D eigenvalue weighted by Crippen LogP contribution is 2.33. The zero-order valence-corrected chi connectivity index (χ0v) is 9.86. The SMILES string of the molecule is CCOC(=O)C(N)C(=O)NC(C)CC1CC1. The zero-order valence-electron chi connectivity index (χ0n) is 9.86. The number of esters is 1. The molecule has 0 radical (unpaired) electrons. The van der Waals surface area contributed by atoms with E-state index >= 15 is 0 Å². The summed E-state index contributed by atoms with van der Waals surface area (Å²) in [4.78, 5) is 22.7. The summed E-state index contributed by atoms with van der Waals surface area (Å²) in [5.41, 5.74) is 5.45. The lowest BCUT2D eigenvalue weighted by atomic mass is 10.1. The van der Waals surface area contributed by atoms with Crippen LogP contribution < -0.4 is 11.1 Å². The lowest BCUT2D eigenvalue weighted by Crippen LogP contribution is -2.49. The van der Waals surface area contributed by atoms with Gasteiger partial charge in [-0.25, -0.2) is 4.79 Å². The number of hydrogen-bond donors (Lipinski definition) is 2. The van der Waals surface area contributed by atoms with Crippen molar-refractivity contribution in [2.45, 2.75) is 45.2 Å². The Morgan fingerprint density at radius 1 is 1.50 bits per heavy atom. The van der Waals surface area contributed by atoms with Gasteiger partial charge in [0, 0.05) is 6.04 Å². The standard InChI is InChI=1S/C11H20N2O3/c1-3-16-11(15)9(12)10(14)13-7(2)6-8-4-5-8/h7-9H,3-6,12H2,1-2H3,(H,13,14). The molecular weight excluding hydrogens is 208 g/mol. The summed E-state index contributed by atoms with van der Waals surface area (Å²) in [7, 11) is 0. The molecule has 0 spiro atoms. The monoisotopic (exact) mass is 228 g/mol. The van der Waals surface area contributed by atoms with Crippen LogP contribution in [-0.2, 0) is 14.3 Å². The smallest absolute Gasteiger partial charge is 0.332 e. The highest BCUT2D eigenvalue weighted by molar-refractivity contribution is 6.01. The van der Waals surface area contributed by atoms with Crippen LogP contribution in [0.3, 0.4) is 0 Å². The highest BCUT2D eigenvalue weighted by Gasteiger charge is 2.27. The van der Waals surface area contributed by atoms with Crippen LogP contribution in [0.15, 0.2) is 0 Å². The van der Waals surface area contributed by atoms with Gasteiger partial charge in [0.05, 0.1) is 6.61 Å². The summed E-state index contributed by atoms with van der Waals surface area (Å²) in [6.45, 7) is 3.84. The van der Waals surface area contributed by atoms with E-state index in [4.69, 9.17) is 5.73 Å². The number of carbonyl (C=O) groups is 2. The van der Waals surface area contributed by atoms with Gasteiger partial charge in [-0.05, 0) is 26.2 Å². The summed E-state index contributed by atoms with van der Waals surface area (Å²) in [5, 5.41) is 2.73. The Hall–Kier alpha value is -1.10. The summed E-state index contributed by atoms with van der Waals surface area (Å²) in [6, 6.07) is -1.14. The molecule has 1 rings (SSSR count). The zero-order chi connectivity index (χ0) is 12.1. The first-order chi connectivity index (χ1) is 7.54. The minimum absolute atomic E-state index is 0.0699. The van der Waals surface area contributed by atoms with Gasteiger partial charge in [0.25, 0.3) is 0 Å². The van der Waals surface area contributed by atoms with Gasteiger partial charge in [0.1, 0.15) is 0 Å². The van der Waals surface area contributed by atoms with Crippen molar-refractivity contribution in [1.29, 1.82) is 0 Å². The number of carbonyl (C=O) groups excluding carboxylic acids is 2. The Labute approximate surface area is 95.7 Å². The number of amides is 1. The maximum absolute atomic E-state index is 11.5. The largest absolute Gasteiger partial charge is 0.464 e. The van der Waals surface area contributed by atoms with Gasteiger partial charge in [0.2, 0.25) is 5.91 Å². The molecule has 0 heterocycles. The second-order valence-corrected chi connectivity index (χ2v) is 4.32. The van der Waals surface area contributed by atoms with E-state index in [1.165, 1.54) is 12.8 Å². The van der Waals surface area contributed by atoms with Gasteiger partial charge in [0.15, 0.2) is 6.04 Å². The topological polar surface area (TPSA) is 81.4 Å². The Morgan fingerprint density at radius 3 is 2.62 bits per heavy atom. The molecule has 0 aromatic carbocycles. The lowest BCUT2D eigenvalue weighted by Gasteiger charge is -2.16. The van der Waals surface area contributed by atoms with E-state index in [0.717, 1.165) is 12.3 Å². The fourth-order valence-corrected chi connectivity index (χ4v) is 1.58. The molecule has 1 aliphatic carbocycles. The number of rotatable bonds is 6. The summed E-state index contributed by atoms with van der Waals surface area (Å²) in [6.07, 6.45) is 3.44. The van der Waals surface area contributed by atoms with Crippen molar-refractivity contribution in [1.82, 2.24) is 5.32 Å². The lowest BCUT2D eigenvalue weighted by molar-refractivity contribution is -0.148. The third-order valence-corrected chi connectivity index (χ3v) is 2.60. The second kappa shape index (κ2) is 5.84. The minimum atomic E-state index is -1.21. The van der Waals surface area contributed by atoms with Crippen molar-refractivity contribution in [2.24, 2.45) is 11.7 Å². The molecule has 2 atom stereocenters. The molecule has 1 saturated carbocycles. The molecule has 1 fully saturated rings. The van der Waals surface area contributed by atoms with Crippen LogP contribution in [0.1, 0.15) is 33.1 Å². The summed E-state index contributed by atoms with van der Waals surface area (Å²) >= 11 is 0. The Balaban J connectivity index is 2.28. The molecule has 3 N–H and O–H groups in total. The van der Waals surface area contributed by atoms with Crippen molar-refractivity contribution < 1.29 is 14.3 Å².